The number of alkyl halides is 3. The number of nitrogens with zero attached hydrogens (tertiary/aromatic N) is 1. The molecule has 1 aliphatic carbocycles. The van der Waals surface area contributed by atoms with Crippen molar-refractivity contribution in [2.75, 3.05) is 13.7 Å². The third-order valence-corrected chi connectivity index (χ3v) is 4.03. The van der Waals surface area contributed by atoms with Gasteiger partial charge in [-0.05, 0) is 38.3 Å². The van der Waals surface area contributed by atoms with Gasteiger partial charge >= 0.3 is 6.18 Å². The van der Waals surface area contributed by atoms with Crippen molar-refractivity contribution in [1.82, 2.24) is 10.3 Å². The molecule has 0 aliphatic heterocycles. The van der Waals surface area contributed by atoms with Crippen molar-refractivity contribution in [3.63, 3.8) is 0 Å². The smallest absolute Gasteiger partial charge is 0.425 e. The van der Waals surface area contributed by atoms with Gasteiger partial charge in [0.1, 0.15) is 5.56 Å². The normalized spacial score (nSPS) is 18.0. The maximum Gasteiger partial charge on any atom is 0.425 e. The van der Waals surface area contributed by atoms with Crippen LogP contribution in [0.1, 0.15) is 36.5 Å². The zero-order valence-corrected chi connectivity index (χ0v) is 12.9. The molecule has 128 valence electrons. The van der Waals surface area contributed by atoms with Crippen LogP contribution in [-0.4, -0.2) is 42.4 Å². The lowest BCUT2D eigenvalue weighted by molar-refractivity contribution is -0.190. The summed E-state index contributed by atoms with van der Waals surface area (Å²) in [7, 11) is 1.58. The second-order valence-electron chi connectivity index (χ2n) is 5.58. The molecule has 1 amide bonds. The summed E-state index contributed by atoms with van der Waals surface area (Å²) in [5.74, 6) is -0.874. The zero-order chi connectivity index (χ0) is 17.1. The lowest BCUT2D eigenvalue weighted by Crippen LogP contribution is -2.49. The number of rotatable bonds is 6. The van der Waals surface area contributed by atoms with Crippen LogP contribution >= 0.6 is 0 Å². The minimum Gasteiger partial charge on any atom is -0.464 e. The summed E-state index contributed by atoms with van der Waals surface area (Å²) in [5, 5.41) is 2.68. The molecular weight excluding hydrogens is 313 g/mol. The molecule has 1 N–H and O–H groups in total. The van der Waals surface area contributed by atoms with Gasteiger partial charge in [0.15, 0.2) is 6.10 Å². The number of nitrogens with one attached hydrogen (secondary N) is 1. The average molecular weight is 332 g/mol. The monoisotopic (exact) mass is 332 g/mol. The minimum absolute atomic E-state index is 0.0332. The Kier molecular flexibility index (Phi) is 5.13. The molecule has 1 atom stereocenters. The summed E-state index contributed by atoms with van der Waals surface area (Å²) in [6.45, 7) is 1.16. The average Bonchev–Trinajstić information content (AvgIpc) is 2.46. The Hall–Kier alpha value is -1.83. The number of carbonyl (C=O) groups excluding carboxylic acids is 1. The maximum absolute atomic E-state index is 12.6. The van der Waals surface area contributed by atoms with E-state index in [1.54, 1.807) is 7.11 Å². The summed E-state index contributed by atoms with van der Waals surface area (Å²) in [4.78, 5) is 16.0. The van der Waals surface area contributed by atoms with Gasteiger partial charge in [0.05, 0.1) is 5.60 Å². The highest BCUT2D eigenvalue weighted by atomic mass is 19.4. The zero-order valence-electron chi connectivity index (χ0n) is 12.9. The largest absolute Gasteiger partial charge is 0.464 e. The van der Waals surface area contributed by atoms with E-state index in [2.05, 4.69) is 10.3 Å². The van der Waals surface area contributed by atoms with E-state index in [-0.39, 0.29) is 17.0 Å². The summed E-state index contributed by atoms with van der Waals surface area (Å²) in [5.41, 5.74) is -0.410. The number of ether oxygens (including phenoxy) is 2. The van der Waals surface area contributed by atoms with E-state index in [4.69, 9.17) is 9.47 Å². The second-order valence-corrected chi connectivity index (χ2v) is 5.58. The first-order chi connectivity index (χ1) is 10.8. The molecule has 23 heavy (non-hydrogen) atoms. The van der Waals surface area contributed by atoms with E-state index in [0.717, 1.165) is 26.2 Å². The van der Waals surface area contributed by atoms with E-state index in [1.807, 2.05) is 0 Å². The fourth-order valence-corrected chi connectivity index (χ4v) is 2.25. The molecule has 0 radical (unpaired) electrons. The fourth-order valence-electron chi connectivity index (χ4n) is 2.25. The van der Waals surface area contributed by atoms with Crippen LogP contribution in [0.25, 0.3) is 0 Å². The fraction of sp³-hybridized carbons (Fsp3) is 0.600. The lowest BCUT2D eigenvalue weighted by atomic mass is 9.80. The van der Waals surface area contributed by atoms with Crippen LogP contribution in [0.2, 0.25) is 0 Å². The van der Waals surface area contributed by atoms with Gasteiger partial charge in [0.25, 0.3) is 5.91 Å². The molecule has 1 aromatic rings. The molecule has 2 rings (SSSR count). The number of methoxy groups -OCH3 is 1. The van der Waals surface area contributed by atoms with Gasteiger partial charge in [0.2, 0.25) is 5.88 Å². The SMILES string of the molecule is COC1(CNC(=O)c2cccnc2O[C@H](C)C(F)(F)F)CCC1. The summed E-state index contributed by atoms with van der Waals surface area (Å²) in [6.07, 6.45) is -2.61. The lowest BCUT2D eigenvalue weighted by Gasteiger charge is -2.40. The minimum atomic E-state index is -4.53. The van der Waals surface area contributed by atoms with Gasteiger partial charge in [-0.1, -0.05) is 0 Å². The molecule has 1 aliphatic rings. The molecule has 0 aromatic carbocycles. The Bertz CT molecular complexity index is 554. The summed E-state index contributed by atoms with van der Waals surface area (Å²) < 4.78 is 48.0. The molecule has 0 saturated heterocycles. The highest BCUT2D eigenvalue weighted by Crippen LogP contribution is 2.34. The first-order valence-corrected chi connectivity index (χ1v) is 7.29. The molecule has 1 heterocycles. The van der Waals surface area contributed by atoms with Crippen molar-refractivity contribution < 1.29 is 27.4 Å². The van der Waals surface area contributed by atoms with Crippen molar-refractivity contribution in [2.24, 2.45) is 0 Å². The Morgan fingerprint density at radius 3 is 2.70 bits per heavy atom. The van der Waals surface area contributed by atoms with E-state index in [1.165, 1.54) is 18.3 Å². The van der Waals surface area contributed by atoms with Gasteiger partial charge in [-0.25, -0.2) is 4.98 Å². The van der Waals surface area contributed by atoms with Gasteiger partial charge in [-0.2, -0.15) is 13.2 Å². The van der Waals surface area contributed by atoms with Crippen LogP contribution in [-0.2, 0) is 4.74 Å². The molecule has 0 unspecified atom stereocenters. The predicted octanol–water partition coefficient (Wildman–Crippen LogP) is 2.71. The van der Waals surface area contributed by atoms with E-state index >= 15 is 0 Å². The first-order valence-electron chi connectivity index (χ1n) is 7.29. The van der Waals surface area contributed by atoms with E-state index in [9.17, 15) is 18.0 Å². The van der Waals surface area contributed by atoms with Crippen LogP contribution in [0.15, 0.2) is 18.3 Å². The Labute approximate surface area is 132 Å². The Morgan fingerprint density at radius 2 is 2.17 bits per heavy atom. The predicted molar refractivity (Wildman–Crippen MR) is 76.3 cm³/mol. The maximum atomic E-state index is 12.6. The molecule has 8 heteroatoms. The van der Waals surface area contributed by atoms with Gasteiger partial charge < -0.3 is 14.8 Å². The molecular formula is C15H19F3N2O3. The third kappa shape index (κ3) is 4.13. The van der Waals surface area contributed by atoms with Crippen LogP contribution in [0.3, 0.4) is 0 Å². The Morgan fingerprint density at radius 1 is 1.48 bits per heavy atom. The number of pyridine rings is 1. The summed E-state index contributed by atoms with van der Waals surface area (Å²) >= 11 is 0. The standard InChI is InChI=1S/C15H19F3N2O3/c1-10(15(16,17)18)23-13-11(5-3-8-19-13)12(21)20-9-14(22-2)6-4-7-14/h3,5,8,10H,4,6-7,9H2,1-2H3,(H,20,21)/t10-/m1/s1. The number of amides is 1. The van der Waals surface area contributed by atoms with Crippen LogP contribution in [0, 0.1) is 0 Å². The number of aromatic nitrogens is 1. The topological polar surface area (TPSA) is 60.5 Å². The van der Waals surface area contributed by atoms with Gasteiger partial charge in [-0.3, -0.25) is 4.79 Å². The first kappa shape index (κ1) is 17.5. The van der Waals surface area contributed by atoms with Crippen molar-refractivity contribution in [3.05, 3.63) is 23.9 Å². The number of hydrogen-bond acceptors (Lipinski definition) is 4. The van der Waals surface area contributed by atoms with Gasteiger partial charge in [0, 0.05) is 19.9 Å². The van der Waals surface area contributed by atoms with Crippen molar-refractivity contribution >= 4 is 5.91 Å². The van der Waals surface area contributed by atoms with E-state index < -0.39 is 18.2 Å². The number of hydrogen-bond donors (Lipinski definition) is 1. The summed E-state index contributed by atoms with van der Waals surface area (Å²) in [6, 6.07) is 2.84. The molecule has 0 bridgehead atoms. The number of carbonyl (C=O) groups is 1. The molecule has 1 aromatic heterocycles. The quantitative estimate of drug-likeness (QED) is 0.870. The highest BCUT2D eigenvalue weighted by molar-refractivity contribution is 5.96. The molecule has 1 saturated carbocycles. The molecule has 1 fully saturated rings. The molecule has 0 spiro atoms. The van der Waals surface area contributed by atoms with Crippen molar-refractivity contribution in [1.29, 1.82) is 0 Å². The Balaban J connectivity index is 2.05. The van der Waals surface area contributed by atoms with Crippen LogP contribution in [0.4, 0.5) is 13.2 Å². The second kappa shape index (κ2) is 6.74. The highest BCUT2D eigenvalue weighted by Gasteiger charge is 2.39. The number of halogens is 3. The van der Waals surface area contributed by atoms with Crippen LogP contribution in [0.5, 0.6) is 5.88 Å². The van der Waals surface area contributed by atoms with Crippen LogP contribution < -0.4 is 10.1 Å². The van der Waals surface area contributed by atoms with Crippen molar-refractivity contribution in [3.8, 4) is 5.88 Å². The van der Waals surface area contributed by atoms with Gasteiger partial charge in [-0.15, -0.1) is 0 Å². The third-order valence-electron chi connectivity index (χ3n) is 4.03. The van der Waals surface area contributed by atoms with E-state index in [0.29, 0.717) is 6.54 Å². The van der Waals surface area contributed by atoms with Crippen molar-refractivity contribution in [2.45, 2.75) is 44.1 Å². The molecule has 5 nitrogen and oxygen atoms in total.